The Bertz CT molecular complexity index is 968. The zero-order chi connectivity index (χ0) is 20.9. The van der Waals surface area contributed by atoms with Crippen LogP contribution >= 0.6 is 11.3 Å². The van der Waals surface area contributed by atoms with Crippen LogP contribution < -0.4 is 20.1 Å². The van der Waals surface area contributed by atoms with Gasteiger partial charge in [0.2, 0.25) is 11.8 Å². The highest BCUT2D eigenvalue weighted by molar-refractivity contribution is 7.93. The van der Waals surface area contributed by atoms with Gasteiger partial charge >= 0.3 is 0 Å². The second kappa shape index (κ2) is 9.23. The molecule has 2 amide bonds. The molecule has 1 aromatic carbocycles. The zero-order valence-corrected chi connectivity index (χ0v) is 17.4. The number of anilines is 1. The summed E-state index contributed by atoms with van der Waals surface area (Å²) in [4.78, 5) is 27.8. The Labute approximate surface area is 172 Å². The van der Waals surface area contributed by atoms with Crippen molar-refractivity contribution in [2.75, 3.05) is 18.4 Å². The third kappa shape index (κ3) is 6.43. The van der Waals surface area contributed by atoms with Crippen molar-refractivity contribution in [2.24, 2.45) is 0 Å². The number of thiazole rings is 1. The molecule has 0 saturated heterocycles. The van der Waals surface area contributed by atoms with Crippen molar-refractivity contribution in [2.45, 2.75) is 36.6 Å². The third-order valence-electron chi connectivity index (χ3n) is 4.10. The third-order valence-corrected chi connectivity index (χ3v) is 6.39. The van der Waals surface area contributed by atoms with Crippen LogP contribution in [-0.4, -0.2) is 44.9 Å². The molecule has 29 heavy (non-hydrogen) atoms. The molecule has 1 aliphatic rings. The molecular weight excluding hydrogens is 416 g/mol. The Kier molecular flexibility index (Phi) is 6.70. The number of amides is 2. The zero-order valence-electron chi connectivity index (χ0n) is 15.8. The SMILES string of the molecule is COc1ccc(S(=O)(=O)Nc2nc(CC(=O)NCCC(=O)NC3CC3)cs2)cc1. The molecular formula is C18H22N4O5S2. The molecule has 3 N–H and O–H groups in total. The molecule has 0 bridgehead atoms. The summed E-state index contributed by atoms with van der Waals surface area (Å²) in [6.07, 6.45) is 2.27. The highest BCUT2D eigenvalue weighted by Crippen LogP contribution is 2.22. The van der Waals surface area contributed by atoms with E-state index in [-0.39, 0.29) is 41.2 Å². The van der Waals surface area contributed by atoms with E-state index in [1.54, 1.807) is 17.5 Å². The summed E-state index contributed by atoms with van der Waals surface area (Å²) >= 11 is 1.09. The number of ether oxygens (including phenoxy) is 1. The summed E-state index contributed by atoms with van der Waals surface area (Å²) in [5, 5.41) is 7.30. The van der Waals surface area contributed by atoms with Gasteiger partial charge < -0.3 is 15.4 Å². The van der Waals surface area contributed by atoms with Gasteiger partial charge in [-0.05, 0) is 37.1 Å². The number of nitrogens with zero attached hydrogens (tertiary/aromatic N) is 1. The minimum Gasteiger partial charge on any atom is -0.497 e. The van der Waals surface area contributed by atoms with Crippen LogP contribution in [0.25, 0.3) is 0 Å². The Morgan fingerprint density at radius 1 is 1.21 bits per heavy atom. The molecule has 1 heterocycles. The normalized spacial score (nSPS) is 13.6. The van der Waals surface area contributed by atoms with Crippen molar-refractivity contribution < 1.29 is 22.7 Å². The van der Waals surface area contributed by atoms with Crippen molar-refractivity contribution in [1.29, 1.82) is 0 Å². The van der Waals surface area contributed by atoms with Gasteiger partial charge in [-0.1, -0.05) is 0 Å². The van der Waals surface area contributed by atoms with Gasteiger partial charge in [0.1, 0.15) is 5.75 Å². The second-order valence-corrected chi connectivity index (χ2v) is 9.08. The van der Waals surface area contributed by atoms with Crippen LogP contribution in [-0.2, 0) is 26.0 Å². The van der Waals surface area contributed by atoms with Gasteiger partial charge in [0, 0.05) is 24.4 Å². The minimum absolute atomic E-state index is 0.00497. The lowest BCUT2D eigenvalue weighted by molar-refractivity contribution is -0.122. The summed E-state index contributed by atoms with van der Waals surface area (Å²) in [7, 11) is -2.29. The van der Waals surface area contributed by atoms with E-state index in [0.29, 0.717) is 17.5 Å². The predicted octanol–water partition coefficient (Wildman–Crippen LogP) is 1.28. The fourth-order valence-corrected chi connectivity index (χ4v) is 4.40. The standard InChI is InChI=1S/C18H22N4O5S2/c1-27-14-4-6-15(7-5-14)29(25,26)22-18-21-13(11-28-18)10-17(24)19-9-8-16(23)20-12-2-3-12/h4-7,11-12H,2-3,8-10H2,1H3,(H,19,24)(H,20,23)(H,21,22). The summed E-state index contributed by atoms with van der Waals surface area (Å²) in [5.41, 5.74) is 0.447. The summed E-state index contributed by atoms with van der Waals surface area (Å²) in [5.74, 6) is 0.201. The molecule has 156 valence electrons. The smallest absolute Gasteiger partial charge is 0.263 e. The maximum absolute atomic E-state index is 12.4. The Balaban J connectivity index is 1.47. The molecule has 1 aliphatic carbocycles. The Morgan fingerprint density at radius 3 is 2.59 bits per heavy atom. The lowest BCUT2D eigenvalue weighted by Crippen LogP contribution is -2.32. The number of sulfonamides is 1. The number of carbonyl (C=O) groups excluding carboxylic acids is 2. The van der Waals surface area contributed by atoms with E-state index in [1.165, 1.54) is 19.2 Å². The number of hydrogen-bond donors (Lipinski definition) is 3. The molecule has 1 fully saturated rings. The number of aromatic nitrogens is 1. The van der Waals surface area contributed by atoms with Crippen LogP contribution in [0.1, 0.15) is 25.0 Å². The van der Waals surface area contributed by atoms with Gasteiger partial charge in [0.15, 0.2) is 5.13 Å². The number of hydrogen-bond acceptors (Lipinski definition) is 7. The molecule has 0 aliphatic heterocycles. The Morgan fingerprint density at radius 2 is 1.93 bits per heavy atom. The first-order chi connectivity index (χ1) is 13.9. The van der Waals surface area contributed by atoms with Gasteiger partial charge in [-0.25, -0.2) is 13.4 Å². The fourth-order valence-electron chi connectivity index (χ4n) is 2.43. The van der Waals surface area contributed by atoms with E-state index < -0.39 is 10.0 Å². The molecule has 0 atom stereocenters. The predicted molar refractivity (Wildman–Crippen MR) is 108 cm³/mol. The molecule has 9 nitrogen and oxygen atoms in total. The average Bonchev–Trinajstić information content (AvgIpc) is 3.39. The molecule has 0 spiro atoms. The second-order valence-electron chi connectivity index (χ2n) is 6.54. The van der Waals surface area contributed by atoms with Crippen molar-refractivity contribution >= 4 is 38.3 Å². The van der Waals surface area contributed by atoms with E-state index in [1.807, 2.05) is 0 Å². The molecule has 1 saturated carbocycles. The van der Waals surface area contributed by atoms with Gasteiger partial charge in [-0.2, -0.15) is 0 Å². The maximum Gasteiger partial charge on any atom is 0.263 e. The van der Waals surface area contributed by atoms with E-state index in [2.05, 4.69) is 20.3 Å². The van der Waals surface area contributed by atoms with Gasteiger partial charge in [0.25, 0.3) is 10.0 Å². The fraction of sp³-hybridized carbons (Fsp3) is 0.389. The van der Waals surface area contributed by atoms with Crippen LogP contribution in [0, 0.1) is 0 Å². The maximum atomic E-state index is 12.4. The van der Waals surface area contributed by atoms with E-state index in [9.17, 15) is 18.0 Å². The molecule has 3 rings (SSSR count). The summed E-state index contributed by atoms with van der Waals surface area (Å²) < 4.78 is 32.2. The topological polar surface area (TPSA) is 126 Å². The number of methoxy groups -OCH3 is 1. The molecule has 11 heteroatoms. The first-order valence-corrected chi connectivity index (χ1v) is 11.4. The highest BCUT2D eigenvalue weighted by atomic mass is 32.2. The first-order valence-electron chi connectivity index (χ1n) is 9.03. The number of rotatable bonds is 10. The largest absolute Gasteiger partial charge is 0.497 e. The molecule has 0 unspecified atom stereocenters. The first kappa shape index (κ1) is 21.1. The van der Waals surface area contributed by atoms with Crippen LogP contribution in [0.2, 0.25) is 0 Å². The van der Waals surface area contributed by atoms with Crippen LogP contribution in [0.3, 0.4) is 0 Å². The van der Waals surface area contributed by atoms with Crippen LogP contribution in [0.15, 0.2) is 34.5 Å². The minimum atomic E-state index is -3.78. The number of nitrogens with one attached hydrogen (secondary N) is 3. The lowest BCUT2D eigenvalue weighted by atomic mass is 10.3. The van der Waals surface area contributed by atoms with Gasteiger partial charge in [-0.3, -0.25) is 14.3 Å². The number of benzene rings is 1. The van der Waals surface area contributed by atoms with E-state index in [0.717, 1.165) is 24.2 Å². The van der Waals surface area contributed by atoms with Crippen LogP contribution in [0.5, 0.6) is 5.75 Å². The quantitative estimate of drug-likeness (QED) is 0.513. The Hall–Kier alpha value is -2.66. The lowest BCUT2D eigenvalue weighted by Gasteiger charge is -2.06. The van der Waals surface area contributed by atoms with Crippen molar-refractivity contribution in [3.8, 4) is 5.75 Å². The monoisotopic (exact) mass is 438 g/mol. The van der Waals surface area contributed by atoms with E-state index in [4.69, 9.17) is 4.74 Å². The van der Waals surface area contributed by atoms with Crippen molar-refractivity contribution in [1.82, 2.24) is 15.6 Å². The molecule has 1 aromatic heterocycles. The van der Waals surface area contributed by atoms with Crippen LogP contribution in [0.4, 0.5) is 5.13 Å². The number of carbonyl (C=O) groups is 2. The highest BCUT2D eigenvalue weighted by Gasteiger charge is 2.23. The van der Waals surface area contributed by atoms with Gasteiger partial charge in [0.05, 0.1) is 24.1 Å². The summed E-state index contributed by atoms with van der Waals surface area (Å²) in [6, 6.07) is 6.27. The van der Waals surface area contributed by atoms with Crippen molar-refractivity contribution in [3.05, 3.63) is 35.3 Å². The van der Waals surface area contributed by atoms with Gasteiger partial charge in [-0.15, -0.1) is 11.3 Å². The summed E-state index contributed by atoms with van der Waals surface area (Å²) in [6.45, 7) is 0.248. The molecule has 0 radical (unpaired) electrons. The van der Waals surface area contributed by atoms with E-state index >= 15 is 0 Å². The molecule has 2 aromatic rings. The van der Waals surface area contributed by atoms with Crippen molar-refractivity contribution in [3.63, 3.8) is 0 Å². The average molecular weight is 439 g/mol.